The zero-order valence-electron chi connectivity index (χ0n) is 8.74. The van der Waals surface area contributed by atoms with Gasteiger partial charge in [0.2, 0.25) is 0 Å². The van der Waals surface area contributed by atoms with Gasteiger partial charge in [0.25, 0.3) is 0 Å². The van der Waals surface area contributed by atoms with Crippen LogP contribution in [0.5, 0.6) is 0 Å². The van der Waals surface area contributed by atoms with E-state index in [0.29, 0.717) is 0 Å². The lowest BCUT2D eigenvalue weighted by molar-refractivity contribution is 0.859. The number of halogens is 1. The van der Waals surface area contributed by atoms with Gasteiger partial charge < -0.3 is 4.57 Å². The van der Waals surface area contributed by atoms with E-state index in [-0.39, 0.29) is 0 Å². The van der Waals surface area contributed by atoms with Gasteiger partial charge in [0.1, 0.15) is 5.82 Å². The molecule has 0 amide bonds. The molecule has 78 valence electrons. The summed E-state index contributed by atoms with van der Waals surface area (Å²) in [6.07, 6.45) is 0. The normalized spacial score (nSPS) is 10.6. The van der Waals surface area contributed by atoms with Gasteiger partial charge in [-0.15, -0.1) is 10.2 Å². The molecule has 0 spiro atoms. The van der Waals surface area contributed by atoms with Crippen molar-refractivity contribution in [2.75, 3.05) is 0 Å². The smallest absolute Gasteiger partial charge is 0.163 e. The Morgan fingerprint density at radius 2 is 2.13 bits per heavy atom. The van der Waals surface area contributed by atoms with E-state index in [4.69, 9.17) is 0 Å². The van der Waals surface area contributed by atoms with Crippen molar-refractivity contribution in [2.45, 2.75) is 12.3 Å². The molecule has 0 aliphatic heterocycles. The summed E-state index contributed by atoms with van der Waals surface area (Å²) in [7, 11) is 1.98. The van der Waals surface area contributed by atoms with Crippen molar-refractivity contribution >= 4 is 15.9 Å². The maximum Gasteiger partial charge on any atom is 0.163 e. The Labute approximate surface area is 97.3 Å². The second kappa shape index (κ2) is 4.14. The average Bonchev–Trinajstić information content (AvgIpc) is 2.59. The predicted molar refractivity (Wildman–Crippen MR) is 63.8 cm³/mol. The standard InChI is InChI=1S/C11H12BrN3/c1-8-4-3-5-9(6-8)11-14-13-10(7-12)15(11)2/h3-6H,7H2,1-2H3. The van der Waals surface area contributed by atoms with Crippen LogP contribution in [0.15, 0.2) is 24.3 Å². The first-order chi connectivity index (χ1) is 7.22. The lowest BCUT2D eigenvalue weighted by atomic mass is 10.1. The lowest BCUT2D eigenvalue weighted by Gasteiger charge is -2.02. The largest absolute Gasteiger partial charge is 0.313 e. The van der Waals surface area contributed by atoms with Crippen LogP contribution in [0.3, 0.4) is 0 Å². The first kappa shape index (κ1) is 10.4. The van der Waals surface area contributed by atoms with Crippen LogP contribution < -0.4 is 0 Å². The lowest BCUT2D eigenvalue weighted by Crippen LogP contribution is -1.97. The molecule has 0 aliphatic rings. The molecule has 1 heterocycles. The van der Waals surface area contributed by atoms with Crippen LogP contribution in [0.2, 0.25) is 0 Å². The van der Waals surface area contributed by atoms with Crippen LogP contribution in [0, 0.1) is 6.92 Å². The summed E-state index contributed by atoms with van der Waals surface area (Å²) in [5, 5.41) is 9.01. The second-order valence-electron chi connectivity index (χ2n) is 3.50. The SMILES string of the molecule is Cc1cccc(-c2nnc(CBr)n2C)c1. The molecule has 1 aromatic heterocycles. The number of hydrogen-bond donors (Lipinski definition) is 0. The van der Waals surface area contributed by atoms with Gasteiger partial charge in [0.15, 0.2) is 5.82 Å². The van der Waals surface area contributed by atoms with Gasteiger partial charge in [0, 0.05) is 12.6 Å². The van der Waals surface area contributed by atoms with Gasteiger partial charge in [-0.1, -0.05) is 39.7 Å². The minimum atomic E-state index is 0.725. The van der Waals surface area contributed by atoms with Crippen molar-refractivity contribution in [1.82, 2.24) is 14.8 Å². The summed E-state index contributed by atoms with van der Waals surface area (Å²) in [6.45, 7) is 2.07. The van der Waals surface area contributed by atoms with Gasteiger partial charge >= 0.3 is 0 Å². The fraction of sp³-hybridized carbons (Fsp3) is 0.273. The molecular formula is C11H12BrN3. The molecule has 0 saturated heterocycles. The summed E-state index contributed by atoms with van der Waals surface area (Å²) < 4.78 is 2.00. The summed E-state index contributed by atoms with van der Waals surface area (Å²) in [5.41, 5.74) is 2.34. The third-order valence-electron chi connectivity index (χ3n) is 2.36. The third-order valence-corrected chi connectivity index (χ3v) is 2.86. The maximum absolute atomic E-state index is 4.18. The Bertz CT molecular complexity index is 476. The first-order valence-corrected chi connectivity index (χ1v) is 5.86. The predicted octanol–water partition coefficient (Wildman–Crippen LogP) is 2.69. The maximum atomic E-state index is 4.18. The molecule has 0 aliphatic carbocycles. The zero-order chi connectivity index (χ0) is 10.8. The van der Waals surface area contributed by atoms with E-state index in [1.807, 2.05) is 17.7 Å². The van der Waals surface area contributed by atoms with Crippen molar-refractivity contribution in [1.29, 1.82) is 0 Å². The molecule has 0 saturated carbocycles. The van der Waals surface area contributed by atoms with Gasteiger partial charge in [-0.05, 0) is 13.0 Å². The van der Waals surface area contributed by atoms with Gasteiger partial charge in [-0.3, -0.25) is 0 Å². The summed E-state index contributed by atoms with van der Waals surface area (Å²) >= 11 is 3.39. The molecule has 4 heteroatoms. The summed E-state index contributed by atoms with van der Waals surface area (Å²) in [4.78, 5) is 0. The number of benzene rings is 1. The molecular weight excluding hydrogens is 254 g/mol. The number of hydrogen-bond acceptors (Lipinski definition) is 2. The Kier molecular flexibility index (Phi) is 2.86. The number of aryl methyl sites for hydroxylation is 1. The highest BCUT2D eigenvalue weighted by molar-refractivity contribution is 9.08. The van der Waals surface area contributed by atoms with Crippen molar-refractivity contribution < 1.29 is 0 Å². The van der Waals surface area contributed by atoms with E-state index < -0.39 is 0 Å². The van der Waals surface area contributed by atoms with E-state index in [2.05, 4.69) is 51.3 Å². The van der Waals surface area contributed by atoms with Crippen LogP contribution in [0.4, 0.5) is 0 Å². The third kappa shape index (κ3) is 1.95. The van der Waals surface area contributed by atoms with E-state index >= 15 is 0 Å². The molecule has 0 radical (unpaired) electrons. The number of aromatic nitrogens is 3. The topological polar surface area (TPSA) is 30.7 Å². The van der Waals surface area contributed by atoms with E-state index in [1.165, 1.54) is 5.56 Å². The highest BCUT2D eigenvalue weighted by atomic mass is 79.9. The minimum Gasteiger partial charge on any atom is -0.313 e. The summed E-state index contributed by atoms with van der Waals surface area (Å²) in [5.74, 6) is 1.85. The molecule has 2 rings (SSSR count). The Morgan fingerprint density at radius 3 is 2.73 bits per heavy atom. The molecule has 0 N–H and O–H groups in total. The average molecular weight is 266 g/mol. The molecule has 3 nitrogen and oxygen atoms in total. The van der Waals surface area contributed by atoms with Crippen LogP contribution in [0.25, 0.3) is 11.4 Å². The van der Waals surface area contributed by atoms with Crippen molar-refractivity contribution in [3.05, 3.63) is 35.7 Å². The Balaban J connectivity index is 2.49. The van der Waals surface area contributed by atoms with Crippen LogP contribution in [-0.2, 0) is 12.4 Å². The van der Waals surface area contributed by atoms with E-state index in [9.17, 15) is 0 Å². The monoisotopic (exact) mass is 265 g/mol. The Hall–Kier alpha value is -1.16. The van der Waals surface area contributed by atoms with E-state index in [0.717, 1.165) is 22.5 Å². The van der Waals surface area contributed by atoms with Crippen LogP contribution in [0.1, 0.15) is 11.4 Å². The van der Waals surface area contributed by atoms with Crippen LogP contribution in [-0.4, -0.2) is 14.8 Å². The molecule has 0 bridgehead atoms. The molecule has 1 aromatic carbocycles. The van der Waals surface area contributed by atoms with E-state index in [1.54, 1.807) is 0 Å². The fourth-order valence-corrected chi connectivity index (χ4v) is 2.00. The Morgan fingerprint density at radius 1 is 1.33 bits per heavy atom. The first-order valence-electron chi connectivity index (χ1n) is 4.73. The number of rotatable bonds is 2. The van der Waals surface area contributed by atoms with Crippen LogP contribution >= 0.6 is 15.9 Å². The molecule has 0 atom stereocenters. The fourth-order valence-electron chi connectivity index (χ4n) is 1.51. The van der Waals surface area contributed by atoms with Gasteiger partial charge in [-0.25, -0.2) is 0 Å². The van der Waals surface area contributed by atoms with Gasteiger partial charge in [0.05, 0.1) is 5.33 Å². The quantitative estimate of drug-likeness (QED) is 0.782. The van der Waals surface area contributed by atoms with Gasteiger partial charge in [-0.2, -0.15) is 0 Å². The second-order valence-corrected chi connectivity index (χ2v) is 4.06. The van der Waals surface area contributed by atoms with Crippen molar-refractivity contribution in [2.24, 2.45) is 7.05 Å². The molecule has 0 unspecified atom stereocenters. The zero-order valence-corrected chi connectivity index (χ0v) is 10.3. The highest BCUT2D eigenvalue weighted by Gasteiger charge is 2.08. The van der Waals surface area contributed by atoms with Crippen molar-refractivity contribution in [3.63, 3.8) is 0 Å². The molecule has 15 heavy (non-hydrogen) atoms. The summed E-state index contributed by atoms with van der Waals surface area (Å²) in [6, 6.07) is 8.27. The highest BCUT2D eigenvalue weighted by Crippen LogP contribution is 2.18. The molecule has 2 aromatic rings. The van der Waals surface area contributed by atoms with Crippen molar-refractivity contribution in [3.8, 4) is 11.4 Å². The molecule has 0 fully saturated rings. The number of nitrogens with zero attached hydrogens (tertiary/aromatic N) is 3. The minimum absolute atomic E-state index is 0.725. The number of alkyl halides is 1.